The van der Waals surface area contributed by atoms with Crippen LogP contribution in [0.5, 0.6) is 0 Å². The highest BCUT2D eigenvalue weighted by atomic mass is 16.7. The highest BCUT2D eigenvalue weighted by Gasteiger charge is 2.16. The largest absolute Gasteiger partial charge is 0.478 e. The van der Waals surface area contributed by atoms with Gasteiger partial charge >= 0.3 is 5.97 Å². The molecule has 0 saturated carbocycles. The minimum absolute atomic E-state index is 0.0590. The second kappa shape index (κ2) is 15.5. The number of rotatable bonds is 12. The van der Waals surface area contributed by atoms with E-state index in [4.69, 9.17) is 20.4 Å². The number of carbonyl (C=O) groups is 1. The molecule has 126 valence electrons. The standard InChI is InChI=1S/C13H28O3.C3H4O2/c1-2-3-4-5-6-7-8-9-10-11-12-13(14,15)16;1-2-3(4)5/h14-16H,2-12H2,1H3;2H,1H2,(H,4,5). The fraction of sp³-hybridized carbons (Fsp3) is 0.812. The number of hydrogen-bond acceptors (Lipinski definition) is 4. The maximum Gasteiger partial charge on any atom is 0.327 e. The maximum atomic E-state index is 9.25. The normalized spacial score (nSPS) is 10.7. The summed E-state index contributed by atoms with van der Waals surface area (Å²) in [6, 6.07) is 0. The average molecular weight is 304 g/mol. The molecule has 0 atom stereocenters. The molecule has 0 radical (unpaired) electrons. The van der Waals surface area contributed by atoms with E-state index in [0.717, 1.165) is 18.9 Å². The molecule has 5 nitrogen and oxygen atoms in total. The highest BCUT2D eigenvalue weighted by Crippen LogP contribution is 2.13. The maximum absolute atomic E-state index is 9.25. The Kier molecular flexibility index (Phi) is 16.5. The van der Waals surface area contributed by atoms with Crippen molar-refractivity contribution in [3.8, 4) is 0 Å². The molecule has 0 unspecified atom stereocenters. The third-order valence-corrected chi connectivity index (χ3v) is 3.04. The van der Waals surface area contributed by atoms with Crippen LogP contribution in [0.3, 0.4) is 0 Å². The van der Waals surface area contributed by atoms with Crippen molar-refractivity contribution in [2.24, 2.45) is 0 Å². The zero-order valence-corrected chi connectivity index (χ0v) is 13.3. The van der Waals surface area contributed by atoms with Gasteiger partial charge in [0, 0.05) is 12.5 Å². The molecule has 0 aliphatic carbocycles. The zero-order chi connectivity index (χ0) is 16.6. The van der Waals surface area contributed by atoms with Gasteiger partial charge in [-0.1, -0.05) is 71.3 Å². The fourth-order valence-electron chi connectivity index (χ4n) is 1.85. The van der Waals surface area contributed by atoms with E-state index >= 15 is 0 Å². The van der Waals surface area contributed by atoms with Crippen molar-refractivity contribution in [3.63, 3.8) is 0 Å². The zero-order valence-electron chi connectivity index (χ0n) is 13.3. The SMILES string of the molecule is C=CC(=O)O.CCCCCCCCCCCCC(O)(O)O. The van der Waals surface area contributed by atoms with Gasteiger partial charge in [0.05, 0.1) is 0 Å². The molecule has 0 aromatic heterocycles. The van der Waals surface area contributed by atoms with Crippen LogP contribution in [-0.2, 0) is 4.79 Å². The van der Waals surface area contributed by atoms with Crippen molar-refractivity contribution in [1.82, 2.24) is 0 Å². The summed E-state index contributed by atoms with van der Waals surface area (Å²) in [4.78, 5) is 9.25. The molecule has 0 rings (SSSR count). The van der Waals surface area contributed by atoms with Crippen LogP contribution < -0.4 is 0 Å². The van der Waals surface area contributed by atoms with Gasteiger partial charge in [-0.2, -0.15) is 0 Å². The summed E-state index contributed by atoms with van der Waals surface area (Å²) in [6.07, 6.45) is 12.9. The number of hydrogen-bond donors (Lipinski definition) is 4. The van der Waals surface area contributed by atoms with Crippen molar-refractivity contribution in [1.29, 1.82) is 0 Å². The predicted octanol–water partition coefficient (Wildman–Crippen LogP) is 3.19. The van der Waals surface area contributed by atoms with Gasteiger partial charge in [-0.05, 0) is 6.42 Å². The first kappa shape index (κ1) is 22.4. The lowest BCUT2D eigenvalue weighted by atomic mass is 10.1. The molecular formula is C16H32O5. The topological polar surface area (TPSA) is 98.0 Å². The smallest absolute Gasteiger partial charge is 0.327 e. The Hall–Kier alpha value is -0.910. The van der Waals surface area contributed by atoms with Crippen LogP contribution in [0, 0.1) is 0 Å². The Bertz CT molecular complexity index is 246. The summed E-state index contributed by atoms with van der Waals surface area (Å²) < 4.78 is 0. The van der Waals surface area contributed by atoms with Crippen LogP contribution in [0.1, 0.15) is 77.6 Å². The first-order chi connectivity index (χ1) is 9.83. The Morgan fingerprint density at radius 3 is 1.52 bits per heavy atom. The third kappa shape index (κ3) is 28.1. The van der Waals surface area contributed by atoms with Crippen molar-refractivity contribution < 1.29 is 25.2 Å². The van der Waals surface area contributed by atoms with Crippen LogP contribution in [0.2, 0.25) is 0 Å². The number of unbranched alkanes of at least 4 members (excludes halogenated alkanes) is 9. The first-order valence-electron chi connectivity index (χ1n) is 7.86. The highest BCUT2D eigenvalue weighted by molar-refractivity contribution is 5.78. The number of aliphatic carboxylic acids is 1. The van der Waals surface area contributed by atoms with Gasteiger partial charge in [-0.15, -0.1) is 0 Å². The van der Waals surface area contributed by atoms with Crippen molar-refractivity contribution in [2.45, 2.75) is 83.5 Å². The summed E-state index contributed by atoms with van der Waals surface area (Å²) >= 11 is 0. The van der Waals surface area contributed by atoms with Crippen LogP contribution in [0.25, 0.3) is 0 Å². The van der Waals surface area contributed by atoms with Crippen LogP contribution in [0.4, 0.5) is 0 Å². The molecular weight excluding hydrogens is 272 g/mol. The summed E-state index contributed by atoms with van der Waals surface area (Å²) in [7, 11) is 0. The molecule has 0 heterocycles. The minimum Gasteiger partial charge on any atom is -0.478 e. The molecule has 0 aliphatic rings. The van der Waals surface area contributed by atoms with Crippen LogP contribution in [0.15, 0.2) is 12.7 Å². The van der Waals surface area contributed by atoms with Crippen molar-refractivity contribution in [2.75, 3.05) is 0 Å². The molecule has 5 heteroatoms. The third-order valence-electron chi connectivity index (χ3n) is 3.04. The molecule has 21 heavy (non-hydrogen) atoms. The summed E-state index contributed by atoms with van der Waals surface area (Å²) in [6.45, 7) is 5.19. The molecule has 0 aromatic rings. The van der Waals surface area contributed by atoms with Crippen molar-refractivity contribution in [3.05, 3.63) is 12.7 Å². The lowest BCUT2D eigenvalue weighted by molar-refractivity contribution is -0.315. The van der Waals surface area contributed by atoms with Crippen molar-refractivity contribution >= 4 is 5.97 Å². The van der Waals surface area contributed by atoms with Gasteiger partial charge in [-0.3, -0.25) is 0 Å². The van der Waals surface area contributed by atoms with Gasteiger partial charge < -0.3 is 20.4 Å². The molecule has 0 amide bonds. The van der Waals surface area contributed by atoms with E-state index in [1.54, 1.807) is 0 Å². The number of carboxylic acids is 1. The second-order valence-electron chi connectivity index (χ2n) is 5.25. The van der Waals surface area contributed by atoms with Crippen LogP contribution >= 0.6 is 0 Å². The van der Waals surface area contributed by atoms with Gasteiger partial charge in [-0.25, -0.2) is 4.79 Å². The Morgan fingerprint density at radius 2 is 1.24 bits per heavy atom. The first-order valence-corrected chi connectivity index (χ1v) is 7.86. The summed E-state index contributed by atoms with van der Waals surface area (Å²) in [5.74, 6) is -3.44. The van der Waals surface area contributed by atoms with Gasteiger partial charge in [0.1, 0.15) is 0 Å². The van der Waals surface area contributed by atoms with E-state index in [0.29, 0.717) is 6.42 Å². The van der Waals surface area contributed by atoms with E-state index < -0.39 is 11.9 Å². The molecule has 0 bridgehead atoms. The summed E-state index contributed by atoms with van der Waals surface area (Å²) in [5.41, 5.74) is 0. The second-order valence-corrected chi connectivity index (χ2v) is 5.25. The van der Waals surface area contributed by atoms with E-state index in [9.17, 15) is 4.79 Å². The monoisotopic (exact) mass is 304 g/mol. The molecule has 0 aromatic carbocycles. The molecule has 0 fully saturated rings. The molecule has 0 aliphatic heterocycles. The molecule has 4 N–H and O–H groups in total. The predicted molar refractivity (Wildman–Crippen MR) is 83.7 cm³/mol. The van der Waals surface area contributed by atoms with Gasteiger partial charge in [0.15, 0.2) is 0 Å². The average Bonchev–Trinajstić information content (AvgIpc) is 2.40. The molecule has 0 saturated heterocycles. The Morgan fingerprint density at radius 1 is 0.905 bits per heavy atom. The minimum atomic E-state index is -2.46. The number of aliphatic hydroxyl groups is 3. The van der Waals surface area contributed by atoms with E-state index in [-0.39, 0.29) is 6.42 Å². The van der Waals surface area contributed by atoms with Gasteiger partial charge in [0.2, 0.25) is 0 Å². The quantitative estimate of drug-likeness (QED) is 0.252. The van der Waals surface area contributed by atoms with E-state index in [1.807, 2.05) is 0 Å². The van der Waals surface area contributed by atoms with E-state index in [1.165, 1.54) is 44.9 Å². The number of carboxylic acid groups (broad SMARTS) is 1. The molecule has 0 spiro atoms. The lowest BCUT2D eigenvalue weighted by Crippen LogP contribution is -2.26. The Balaban J connectivity index is 0. The fourth-order valence-corrected chi connectivity index (χ4v) is 1.85. The van der Waals surface area contributed by atoms with Crippen LogP contribution in [-0.4, -0.2) is 32.4 Å². The Labute approximate surface area is 128 Å². The van der Waals surface area contributed by atoms with Gasteiger partial charge in [0.25, 0.3) is 5.97 Å². The summed E-state index contributed by atoms with van der Waals surface area (Å²) in [5, 5.41) is 33.6. The van der Waals surface area contributed by atoms with E-state index in [2.05, 4.69) is 13.5 Å². The lowest BCUT2D eigenvalue weighted by Gasteiger charge is -2.12.